The van der Waals surface area contributed by atoms with E-state index in [9.17, 15) is 0 Å². The predicted molar refractivity (Wildman–Crippen MR) is 108 cm³/mol. The van der Waals surface area contributed by atoms with Crippen LogP contribution in [0.25, 0.3) is 0 Å². The van der Waals surface area contributed by atoms with Crippen molar-refractivity contribution in [2.24, 2.45) is 4.99 Å². The highest BCUT2D eigenvalue weighted by atomic mass is 16.5. The summed E-state index contributed by atoms with van der Waals surface area (Å²) >= 11 is 0. The van der Waals surface area contributed by atoms with Gasteiger partial charge in [-0.1, -0.05) is 0 Å². The number of rotatable bonds is 8. The van der Waals surface area contributed by atoms with Crippen LogP contribution in [0, 0.1) is 0 Å². The van der Waals surface area contributed by atoms with Crippen LogP contribution in [0.4, 0.5) is 0 Å². The van der Waals surface area contributed by atoms with Gasteiger partial charge in [-0.05, 0) is 53.9 Å². The third-order valence-corrected chi connectivity index (χ3v) is 5.27. The molecule has 26 heavy (non-hydrogen) atoms. The van der Waals surface area contributed by atoms with Crippen LogP contribution in [-0.2, 0) is 9.47 Å². The summed E-state index contributed by atoms with van der Waals surface area (Å²) in [4.78, 5) is 9.78. The van der Waals surface area contributed by atoms with Crippen LogP contribution in [0.1, 0.15) is 53.9 Å². The van der Waals surface area contributed by atoms with E-state index in [1.807, 2.05) is 0 Å². The normalized spacial score (nSPS) is 24.9. The average Bonchev–Trinajstić information content (AvgIpc) is 3.14. The Balaban J connectivity index is 1.86. The third kappa shape index (κ3) is 6.39. The van der Waals surface area contributed by atoms with E-state index in [1.165, 1.54) is 0 Å². The van der Waals surface area contributed by atoms with Gasteiger partial charge < -0.3 is 19.7 Å². The van der Waals surface area contributed by atoms with Crippen molar-refractivity contribution in [3.63, 3.8) is 0 Å². The quantitative estimate of drug-likeness (QED) is 0.405. The molecule has 0 amide bonds. The molecule has 0 aromatic rings. The van der Waals surface area contributed by atoms with Gasteiger partial charge in [0, 0.05) is 51.4 Å². The minimum atomic E-state index is 0.174. The summed E-state index contributed by atoms with van der Waals surface area (Å²) in [5.41, 5.74) is 0. The van der Waals surface area contributed by atoms with Gasteiger partial charge in [0.1, 0.15) is 6.10 Å². The van der Waals surface area contributed by atoms with E-state index in [1.54, 1.807) is 0 Å². The molecule has 6 heteroatoms. The zero-order chi connectivity index (χ0) is 18.9. The van der Waals surface area contributed by atoms with E-state index in [2.05, 4.69) is 49.7 Å². The molecule has 6 nitrogen and oxygen atoms in total. The fraction of sp³-hybridized carbons (Fsp3) is 0.950. The summed E-state index contributed by atoms with van der Waals surface area (Å²) in [5.74, 6) is 1.03. The number of nitrogens with one attached hydrogen (secondary N) is 1. The Labute approximate surface area is 160 Å². The lowest BCUT2D eigenvalue weighted by Crippen LogP contribution is -2.53. The second-order valence-electron chi connectivity index (χ2n) is 7.92. The maximum absolute atomic E-state index is 5.97. The molecule has 1 N–H and O–H groups in total. The van der Waals surface area contributed by atoms with Gasteiger partial charge in [-0.2, -0.15) is 0 Å². The molecule has 0 aliphatic carbocycles. The number of hydrogen-bond donors (Lipinski definition) is 1. The molecule has 152 valence electrons. The van der Waals surface area contributed by atoms with Crippen molar-refractivity contribution in [1.82, 2.24) is 15.1 Å². The van der Waals surface area contributed by atoms with Gasteiger partial charge in [0.25, 0.3) is 0 Å². The molecule has 0 aromatic carbocycles. The standard InChI is InChI=1S/C20H40N4O2/c1-6-21-20(22-10-8-11-24(16(2)3)17(4)5)23-12-14-26-19(15-23)18-9-7-13-25-18/h16-19H,6-15H2,1-5H3,(H,21,22). The van der Waals surface area contributed by atoms with Crippen molar-refractivity contribution >= 4 is 5.96 Å². The third-order valence-electron chi connectivity index (χ3n) is 5.27. The maximum Gasteiger partial charge on any atom is 0.194 e. The maximum atomic E-state index is 5.97. The van der Waals surface area contributed by atoms with Crippen molar-refractivity contribution < 1.29 is 9.47 Å². The summed E-state index contributed by atoms with van der Waals surface area (Å²) in [5, 5.41) is 3.46. The first kappa shape index (κ1) is 21.5. The Morgan fingerprint density at radius 1 is 1.15 bits per heavy atom. The predicted octanol–water partition coefficient (Wildman–Crippen LogP) is 2.34. The Hall–Kier alpha value is -0.850. The summed E-state index contributed by atoms with van der Waals surface area (Å²) in [6.07, 6.45) is 3.79. The lowest BCUT2D eigenvalue weighted by molar-refractivity contribution is -0.0817. The van der Waals surface area contributed by atoms with Crippen molar-refractivity contribution in [2.75, 3.05) is 45.9 Å². The molecule has 2 aliphatic heterocycles. The molecule has 0 aromatic heterocycles. The number of aliphatic imine (C=N–C) groups is 1. The molecule has 0 bridgehead atoms. The molecule has 2 atom stereocenters. The minimum Gasteiger partial charge on any atom is -0.375 e. The highest BCUT2D eigenvalue weighted by molar-refractivity contribution is 5.80. The number of morpholine rings is 1. The van der Waals surface area contributed by atoms with Gasteiger partial charge in [-0.25, -0.2) is 0 Å². The van der Waals surface area contributed by atoms with Crippen LogP contribution in [0.15, 0.2) is 4.99 Å². The zero-order valence-electron chi connectivity index (χ0n) is 17.5. The molecule has 0 saturated carbocycles. The van der Waals surface area contributed by atoms with E-state index in [-0.39, 0.29) is 12.2 Å². The van der Waals surface area contributed by atoms with Crippen LogP contribution in [0.5, 0.6) is 0 Å². The van der Waals surface area contributed by atoms with Crippen molar-refractivity contribution in [1.29, 1.82) is 0 Å². The van der Waals surface area contributed by atoms with Crippen molar-refractivity contribution in [3.8, 4) is 0 Å². The van der Waals surface area contributed by atoms with E-state index in [4.69, 9.17) is 14.5 Å². The molecule has 0 radical (unpaired) electrons. The van der Waals surface area contributed by atoms with E-state index in [0.29, 0.717) is 12.1 Å². The largest absolute Gasteiger partial charge is 0.375 e. The highest BCUT2D eigenvalue weighted by Gasteiger charge is 2.32. The zero-order valence-corrected chi connectivity index (χ0v) is 17.5. The summed E-state index contributed by atoms with van der Waals surface area (Å²) in [6.45, 7) is 17.5. The van der Waals surface area contributed by atoms with Crippen molar-refractivity contribution in [3.05, 3.63) is 0 Å². The second kappa shape index (κ2) is 11.1. The molecular formula is C20H40N4O2. The fourth-order valence-corrected chi connectivity index (χ4v) is 3.97. The summed E-state index contributed by atoms with van der Waals surface area (Å²) in [7, 11) is 0. The van der Waals surface area contributed by atoms with E-state index >= 15 is 0 Å². The van der Waals surface area contributed by atoms with E-state index < -0.39 is 0 Å². The molecule has 2 saturated heterocycles. The van der Waals surface area contributed by atoms with Crippen LogP contribution in [0.2, 0.25) is 0 Å². The fourth-order valence-electron chi connectivity index (χ4n) is 3.97. The van der Waals surface area contributed by atoms with Gasteiger partial charge in [0.2, 0.25) is 0 Å². The van der Waals surface area contributed by atoms with Gasteiger partial charge in [-0.15, -0.1) is 0 Å². The lowest BCUT2D eigenvalue weighted by atomic mass is 10.1. The SMILES string of the molecule is CCNC(=NCCCN(C(C)C)C(C)C)N1CCOC(C2CCCO2)C1. The Morgan fingerprint density at radius 3 is 2.50 bits per heavy atom. The number of guanidine groups is 1. The van der Waals surface area contributed by atoms with Crippen LogP contribution < -0.4 is 5.32 Å². The summed E-state index contributed by atoms with van der Waals surface area (Å²) < 4.78 is 11.8. The minimum absolute atomic E-state index is 0.174. The Kier molecular flexibility index (Phi) is 9.16. The van der Waals surface area contributed by atoms with Gasteiger partial charge in [0.15, 0.2) is 5.96 Å². The topological polar surface area (TPSA) is 49.3 Å². The van der Waals surface area contributed by atoms with Gasteiger partial charge in [0.05, 0.1) is 12.7 Å². The average molecular weight is 369 g/mol. The van der Waals surface area contributed by atoms with Crippen molar-refractivity contribution in [2.45, 2.75) is 78.2 Å². The molecule has 2 fully saturated rings. The molecular weight excluding hydrogens is 328 g/mol. The Morgan fingerprint density at radius 2 is 1.88 bits per heavy atom. The molecule has 2 unspecified atom stereocenters. The monoisotopic (exact) mass is 368 g/mol. The van der Waals surface area contributed by atoms with Gasteiger partial charge >= 0.3 is 0 Å². The summed E-state index contributed by atoms with van der Waals surface area (Å²) in [6, 6.07) is 1.16. The molecule has 2 heterocycles. The number of nitrogens with zero attached hydrogens (tertiary/aromatic N) is 3. The van der Waals surface area contributed by atoms with E-state index in [0.717, 1.165) is 71.2 Å². The molecule has 0 spiro atoms. The first-order chi connectivity index (χ1) is 12.5. The van der Waals surface area contributed by atoms with Crippen LogP contribution in [0.3, 0.4) is 0 Å². The van der Waals surface area contributed by atoms with Crippen LogP contribution in [-0.4, -0.2) is 86.0 Å². The van der Waals surface area contributed by atoms with Gasteiger partial charge in [-0.3, -0.25) is 9.89 Å². The lowest BCUT2D eigenvalue weighted by Gasteiger charge is -2.37. The molecule has 2 aliphatic rings. The Bertz CT molecular complexity index is 414. The molecule has 2 rings (SSSR count). The highest BCUT2D eigenvalue weighted by Crippen LogP contribution is 2.21. The van der Waals surface area contributed by atoms with Crippen LogP contribution >= 0.6 is 0 Å². The smallest absolute Gasteiger partial charge is 0.194 e. The number of hydrogen-bond acceptors (Lipinski definition) is 4. The first-order valence-corrected chi connectivity index (χ1v) is 10.5. The first-order valence-electron chi connectivity index (χ1n) is 10.5. The second-order valence-corrected chi connectivity index (χ2v) is 7.92. The number of ether oxygens (including phenoxy) is 2.